The molecule has 1 aromatic carbocycles. The minimum atomic E-state index is -0.446. The number of carbonyl (C=O) groups excluding carboxylic acids is 1. The highest BCUT2D eigenvalue weighted by Crippen LogP contribution is 2.24. The number of hydrogen-bond acceptors (Lipinski definition) is 3. The molecule has 2 rings (SSSR count). The molecule has 1 heterocycles. The van der Waals surface area contributed by atoms with Crippen LogP contribution in [0, 0.1) is 0 Å². The first-order chi connectivity index (χ1) is 6.74. The topological polar surface area (TPSA) is 68.1 Å². The Bertz CT molecular complexity index is 488. The molecule has 0 fully saturated rings. The Morgan fingerprint density at radius 2 is 2.14 bits per heavy atom. The van der Waals surface area contributed by atoms with Crippen LogP contribution in [-0.4, -0.2) is 18.1 Å². The number of methoxy groups -OCH3 is 1. The van der Waals surface area contributed by atoms with E-state index in [-0.39, 0.29) is 0 Å². The summed E-state index contributed by atoms with van der Waals surface area (Å²) < 4.78 is 4.60. The number of fused-ring (bicyclic) bond motifs is 1. The fourth-order valence-corrected chi connectivity index (χ4v) is 1.43. The van der Waals surface area contributed by atoms with Gasteiger partial charge in [0.05, 0.1) is 12.8 Å². The van der Waals surface area contributed by atoms with Gasteiger partial charge in [-0.05, 0) is 6.07 Å². The summed E-state index contributed by atoms with van der Waals surface area (Å²) in [6.45, 7) is 0. The van der Waals surface area contributed by atoms with Crippen molar-refractivity contribution in [3.05, 3.63) is 30.0 Å². The number of nitrogens with one attached hydrogen (secondary N) is 1. The Balaban J connectivity index is 2.68. The summed E-state index contributed by atoms with van der Waals surface area (Å²) in [5, 5.41) is 0.841. The van der Waals surface area contributed by atoms with Crippen LogP contribution >= 0.6 is 0 Å². The summed E-state index contributed by atoms with van der Waals surface area (Å²) >= 11 is 0. The average Bonchev–Trinajstić information content (AvgIpc) is 2.56. The van der Waals surface area contributed by atoms with Gasteiger partial charge in [0.2, 0.25) is 0 Å². The number of anilines is 1. The van der Waals surface area contributed by atoms with E-state index in [1.54, 1.807) is 0 Å². The number of nitrogens with two attached hydrogens (primary N) is 1. The van der Waals surface area contributed by atoms with Crippen molar-refractivity contribution < 1.29 is 9.53 Å². The van der Waals surface area contributed by atoms with Crippen LogP contribution in [-0.2, 0) is 4.74 Å². The van der Waals surface area contributed by atoms with Crippen molar-refractivity contribution in [1.29, 1.82) is 0 Å². The van der Waals surface area contributed by atoms with Crippen molar-refractivity contribution >= 4 is 22.6 Å². The maximum absolute atomic E-state index is 11.3. The normalized spacial score (nSPS) is 10.4. The molecule has 0 saturated heterocycles. The van der Waals surface area contributed by atoms with Crippen molar-refractivity contribution in [2.45, 2.75) is 0 Å². The van der Waals surface area contributed by atoms with Gasteiger partial charge in [0.1, 0.15) is 5.69 Å². The number of hydrogen-bond donors (Lipinski definition) is 2. The zero-order valence-corrected chi connectivity index (χ0v) is 7.70. The van der Waals surface area contributed by atoms with Gasteiger partial charge in [-0.3, -0.25) is 0 Å². The second-order valence-corrected chi connectivity index (χ2v) is 2.95. The molecule has 1 aromatic heterocycles. The van der Waals surface area contributed by atoms with Crippen molar-refractivity contribution in [3.63, 3.8) is 0 Å². The first kappa shape index (κ1) is 8.62. The Morgan fingerprint density at radius 1 is 1.43 bits per heavy atom. The molecule has 3 N–H and O–H groups in total. The maximum Gasteiger partial charge on any atom is 0.356 e. The number of benzene rings is 1. The Morgan fingerprint density at radius 3 is 2.79 bits per heavy atom. The van der Waals surface area contributed by atoms with E-state index in [4.69, 9.17) is 5.73 Å². The molecule has 0 aliphatic rings. The summed E-state index contributed by atoms with van der Waals surface area (Å²) in [4.78, 5) is 14.2. The molecule has 72 valence electrons. The number of aromatic amines is 1. The quantitative estimate of drug-likeness (QED) is 0.670. The monoisotopic (exact) mass is 190 g/mol. The highest BCUT2D eigenvalue weighted by Gasteiger charge is 2.14. The van der Waals surface area contributed by atoms with E-state index in [2.05, 4.69) is 9.72 Å². The van der Waals surface area contributed by atoms with E-state index in [1.807, 2.05) is 24.3 Å². The molecule has 4 nitrogen and oxygen atoms in total. The zero-order valence-electron chi connectivity index (χ0n) is 7.70. The molecule has 0 aliphatic heterocycles. The fourth-order valence-electron chi connectivity index (χ4n) is 1.43. The van der Waals surface area contributed by atoms with E-state index in [0.717, 1.165) is 10.9 Å². The Kier molecular flexibility index (Phi) is 1.89. The smallest absolute Gasteiger partial charge is 0.356 e. The number of ether oxygens (including phenoxy) is 1. The van der Waals surface area contributed by atoms with Crippen LogP contribution in [0.3, 0.4) is 0 Å². The standard InChI is InChI=1S/C10H10N2O2/c1-14-10(13)9-8(11)6-4-2-3-5-7(6)12-9/h2-5,12H,11H2,1H3. The SMILES string of the molecule is COC(=O)c1[nH]c2ccccc2c1N. The minimum absolute atomic E-state index is 0.314. The van der Waals surface area contributed by atoms with E-state index in [0.29, 0.717) is 11.4 Å². The molecule has 4 heteroatoms. The van der Waals surface area contributed by atoms with Crippen LogP contribution in [0.2, 0.25) is 0 Å². The highest BCUT2D eigenvalue weighted by atomic mass is 16.5. The lowest BCUT2D eigenvalue weighted by Gasteiger charge is -1.95. The molecule has 0 spiro atoms. The van der Waals surface area contributed by atoms with Crippen LogP contribution in [0.15, 0.2) is 24.3 Å². The molecule has 0 radical (unpaired) electrons. The van der Waals surface area contributed by atoms with Gasteiger partial charge >= 0.3 is 5.97 Å². The number of carbonyl (C=O) groups is 1. The molecular formula is C10H10N2O2. The summed E-state index contributed by atoms with van der Waals surface area (Å²) in [7, 11) is 1.33. The number of para-hydroxylation sites is 1. The Labute approximate surface area is 80.7 Å². The predicted molar refractivity (Wildman–Crippen MR) is 54.1 cm³/mol. The zero-order chi connectivity index (χ0) is 10.1. The molecular weight excluding hydrogens is 180 g/mol. The third kappa shape index (κ3) is 1.12. The number of nitrogen functional groups attached to an aromatic ring is 1. The van der Waals surface area contributed by atoms with E-state index < -0.39 is 5.97 Å². The van der Waals surface area contributed by atoms with E-state index in [1.165, 1.54) is 7.11 Å². The van der Waals surface area contributed by atoms with Gasteiger partial charge < -0.3 is 15.5 Å². The summed E-state index contributed by atoms with van der Waals surface area (Å²) in [6, 6.07) is 7.46. The van der Waals surface area contributed by atoms with Crippen molar-refractivity contribution in [2.24, 2.45) is 0 Å². The van der Waals surface area contributed by atoms with Gasteiger partial charge in [0.15, 0.2) is 0 Å². The van der Waals surface area contributed by atoms with Crippen molar-refractivity contribution in [1.82, 2.24) is 4.98 Å². The van der Waals surface area contributed by atoms with Gasteiger partial charge in [-0.2, -0.15) is 0 Å². The Hall–Kier alpha value is -1.97. The van der Waals surface area contributed by atoms with Gasteiger partial charge in [0, 0.05) is 10.9 Å². The van der Waals surface area contributed by atoms with E-state index in [9.17, 15) is 4.79 Å². The lowest BCUT2D eigenvalue weighted by Crippen LogP contribution is -2.04. The van der Waals surface area contributed by atoms with Gasteiger partial charge in [-0.15, -0.1) is 0 Å². The summed E-state index contributed by atoms with van der Waals surface area (Å²) in [6.07, 6.45) is 0. The van der Waals surface area contributed by atoms with Crippen LogP contribution in [0.4, 0.5) is 5.69 Å². The fraction of sp³-hybridized carbons (Fsp3) is 0.100. The van der Waals surface area contributed by atoms with Crippen LogP contribution < -0.4 is 5.73 Å². The molecule has 0 atom stereocenters. The van der Waals surface area contributed by atoms with Crippen molar-refractivity contribution in [3.8, 4) is 0 Å². The van der Waals surface area contributed by atoms with Gasteiger partial charge in [0.25, 0.3) is 0 Å². The first-order valence-corrected chi connectivity index (χ1v) is 4.18. The second-order valence-electron chi connectivity index (χ2n) is 2.95. The minimum Gasteiger partial charge on any atom is -0.464 e. The molecule has 0 aliphatic carbocycles. The van der Waals surface area contributed by atoms with Gasteiger partial charge in [-0.1, -0.05) is 18.2 Å². The number of H-pyrrole nitrogens is 1. The first-order valence-electron chi connectivity index (χ1n) is 4.18. The number of aromatic nitrogens is 1. The lowest BCUT2D eigenvalue weighted by molar-refractivity contribution is 0.0596. The highest BCUT2D eigenvalue weighted by molar-refractivity contribution is 6.05. The average molecular weight is 190 g/mol. The third-order valence-electron chi connectivity index (χ3n) is 2.14. The summed E-state index contributed by atoms with van der Waals surface area (Å²) in [5.74, 6) is -0.446. The number of esters is 1. The molecule has 0 amide bonds. The van der Waals surface area contributed by atoms with E-state index >= 15 is 0 Å². The molecule has 0 saturated carbocycles. The predicted octanol–water partition coefficient (Wildman–Crippen LogP) is 1.54. The van der Waals surface area contributed by atoms with Crippen LogP contribution in [0.5, 0.6) is 0 Å². The maximum atomic E-state index is 11.3. The second kappa shape index (κ2) is 3.06. The summed E-state index contributed by atoms with van der Waals surface area (Å²) in [5.41, 5.74) is 7.37. The lowest BCUT2D eigenvalue weighted by atomic mass is 10.2. The molecule has 14 heavy (non-hydrogen) atoms. The molecule has 2 aromatic rings. The van der Waals surface area contributed by atoms with Crippen LogP contribution in [0.25, 0.3) is 10.9 Å². The molecule has 0 unspecified atom stereocenters. The van der Waals surface area contributed by atoms with Gasteiger partial charge in [-0.25, -0.2) is 4.79 Å². The van der Waals surface area contributed by atoms with Crippen molar-refractivity contribution in [2.75, 3.05) is 12.8 Å². The third-order valence-corrected chi connectivity index (χ3v) is 2.14. The number of rotatable bonds is 1. The van der Waals surface area contributed by atoms with Crippen LogP contribution in [0.1, 0.15) is 10.5 Å². The molecule has 0 bridgehead atoms. The largest absolute Gasteiger partial charge is 0.464 e.